The van der Waals surface area contributed by atoms with E-state index < -0.39 is 23.4 Å². The van der Waals surface area contributed by atoms with E-state index in [0.29, 0.717) is 49.1 Å². The number of carbonyl (C=O) groups excluding carboxylic acids is 2. The zero-order valence-corrected chi connectivity index (χ0v) is 19.6. The predicted octanol–water partition coefficient (Wildman–Crippen LogP) is 2.86. The number of primary amides is 1. The molecule has 1 saturated heterocycles. The van der Waals surface area contributed by atoms with E-state index in [4.69, 9.17) is 5.73 Å². The maximum absolute atomic E-state index is 14.0. The lowest BCUT2D eigenvalue weighted by atomic mass is 10.1. The lowest BCUT2D eigenvalue weighted by Crippen LogP contribution is -2.32. The summed E-state index contributed by atoms with van der Waals surface area (Å²) in [7, 11) is 1.98. The van der Waals surface area contributed by atoms with E-state index in [2.05, 4.69) is 20.2 Å². The molecule has 0 aliphatic carbocycles. The van der Waals surface area contributed by atoms with Crippen LogP contribution in [0.3, 0.4) is 0 Å². The molecule has 3 N–H and O–H groups in total. The van der Waals surface area contributed by atoms with E-state index in [0.717, 1.165) is 12.6 Å². The first-order valence-electron chi connectivity index (χ1n) is 11.3. The smallest absolute Gasteiger partial charge is 0.252 e. The Kier molecular flexibility index (Phi) is 7.49. The number of rotatable bonds is 7. The molecule has 4 rings (SSSR count). The minimum atomic E-state index is -1.30. The normalized spacial score (nSPS) is 14.6. The second-order valence-corrected chi connectivity index (χ2v) is 8.58. The molecule has 1 fully saturated rings. The number of halogens is 3. The van der Waals surface area contributed by atoms with Gasteiger partial charge in [-0.25, -0.2) is 13.2 Å². The van der Waals surface area contributed by atoms with Crippen molar-refractivity contribution in [1.82, 2.24) is 14.9 Å². The van der Waals surface area contributed by atoms with Crippen molar-refractivity contribution < 1.29 is 22.8 Å². The molecule has 0 bridgehead atoms. The molecule has 188 valence electrons. The maximum Gasteiger partial charge on any atom is 0.252 e. The molecular weight excluding hydrogens is 473 g/mol. The van der Waals surface area contributed by atoms with E-state index in [-0.39, 0.29) is 29.3 Å². The summed E-state index contributed by atoms with van der Waals surface area (Å²) in [6.45, 7) is 1.78. The summed E-state index contributed by atoms with van der Waals surface area (Å²) >= 11 is 0. The summed E-state index contributed by atoms with van der Waals surface area (Å²) in [4.78, 5) is 36.8. The van der Waals surface area contributed by atoms with Crippen LogP contribution in [0.1, 0.15) is 33.7 Å². The summed E-state index contributed by atoms with van der Waals surface area (Å²) in [6.07, 6.45) is 3.66. The molecule has 0 saturated carbocycles. The van der Waals surface area contributed by atoms with Crippen molar-refractivity contribution >= 4 is 23.2 Å². The zero-order valence-electron chi connectivity index (χ0n) is 19.6. The highest BCUT2D eigenvalue weighted by molar-refractivity contribution is 5.98. The molecule has 0 spiro atoms. The number of hydrogen-bond donors (Lipinski definition) is 2. The molecule has 3 heterocycles. The third-order valence-electron chi connectivity index (χ3n) is 5.96. The third-order valence-corrected chi connectivity index (χ3v) is 5.96. The minimum absolute atomic E-state index is 0.0444. The first-order chi connectivity index (χ1) is 17.2. The van der Waals surface area contributed by atoms with E-state index in [1.807, 2.05) is 13.1 Å². The van der Waals surface area contributed by atoms with Crippen LogP contribution < -0.4 is 16.0 Å². The summed E-state index contributed by atoms with van der Waals surface area (Å²) in [5.74, 6) is -4.13. The Morgan fingerprint density at radius 3 is 2.56 bits per heavy atom. The van der Waals surface area contributed by atoms with Gasteiger partial charge in [0.25, 0.3) is 5.91 Å². The van der Waals surface area contributed by atoms with Gasteiger partial charge in [0.2, 0.25) is 5.91 Å². The molecule has 3 aromatic rings. The van der Waals surface area contributed by atoms with Gasteiger partial charge in [-0.15, -0.1) is 0 Å². The van der Waals surface area contributed by atoms with Gasteiger partial charge in [0, 0.05) is 68.2 Å². The Morgan fingerprint density at radius 1 is 1.06 bits per heavy atom. The molecule has 1 aliphatic rings. The number of benzene rings is 1. The van der Waals surface area contributed by atoms with Crippen LogP contribution in [0.25, 0.3) is 0 Å². The number of anilines is 2. The minimum Gasteiger partial charge on any atom is -0.380 e. The van der Waals surface area contributed by atoms with Crippen molar-refractivity contribution in [1.29, 1.82) is 0 Å². The zero-order chi connectivity index (χ0) is 25.8. The standard InChI is InChI=1S/C25H25F3N6O2/c1-33-5-4-23(35)34(7-6-33)19-3-2-17(30-13-19)10-18-11-22(20(14-31-18)25(29)36)32-12-15-8-16(26)9-21(27)24(15)28/h2-3,8-9,11,13-14H,4-7,10,12H2,1H3,(H2,29,36)(H,31,32). The molecule has 2 aromatic heterocycles. The number of amides is 2. The van der Waals surface area contributed by atoms with Gasteiger partial charge in [0.15, 0.2) is 11.6 Å². The second kappa shape index (κ2) is 10.7. The van der Waals surface area contributed by atoms with E-state index in [1.54, 1.807) is 23.2 Å². The number of carbonyl (C=O) groups is 2. The first-order valence-corrected chi connectivity index (χ1v) is 11.3. The van der Waals surface area contributed by atoms with Crippen LogP contribution in [0.2, 0.25) is 0 Å². The molecule has 1 aliphatic heterocycles. The Balaban J connectivity index is 1.50. The van der Waals surface area contributed by atoms with Crippen LogP contribution in [-0.2, 0) is 17.8 Å². The van der Waals surface area contributed by atoms with E-state index in [1.165, 1.54) is 6.20 Å². The van der Waals surface area contributed by atoms with Crippen LogP contribution >= 0.6 is 0 Å². The summed E-state index contributed by atoms with van der Waals surface area (Å²) in [5.41, 5.74) is 7.38. The molecular formula is C25H25F3N6O2. The largest absolute Gasteiger partial charge is 0.380 e. The van der Waals surface area contributed by atoms with Gasteiger partial charge in [0.05, 0.1) is 23.1 Å². The van der Waals surface area contributed by atoms with Gasteiger partial charge in [0.1, 0.15) is 5.82 Å². The summed E-state index contributed by atoms with van der Waals surface area (Å²) < 4.78 is 41.1. The Morgan fingerprint density at radius 2 is 1.83 bits per heavy atom. The lowest BCUT2D eigenvalue weighted by Gasteiger charge is -2.20. The van der Waals surface area contributed by atoms with Gasteiger partial charge in [-0.3, -0.25) is 19.6 Å². The molecule has 36 heavy (non-hydrogen) atoms. The highest BCUT2D eigenvalue weighted by Gasteiger charge is 2.21. The summed E-state index contributed by atoms with van der Waals surface area (Å²) in [6, 6.07) is 6.49. The van der Waals surface area contributed by atoms with Crippen molar-refractivity contribution in [3.63, 3.8) is 0 Å². The Hall–Kier alpha value is -3.99. The molecule has 0 unspecified atom stereocenters. The van der Waals surface area contributed by atoms with Gasteiger partial charge in [-0.05, 0) is 31.3 Å². The number of hydrogen-bond acceptors (Lipinski definition) is 6. The molecule has 0 radical (unpaired) electrons. The van der Waals surface area contributed by atoms with Crippen molar-refractivity contribution in [3.05, 3.63) is 82.7 Å². The SMILES string of the molecule is CN1CCC(=O)N(c2ccc(Cc3cc(NCc4cc(F)cc(F)c4F)c(C(N)=O)cn3)nc2)CC1. The molecule has 2 amide bonds. The van der Waals surface area contributed by atoms with Crippen molar-refractivity contribution in [2.24, 2.45) is 5.73 Å². The van der Waals surface area contributed by atoms with Crippen molar-refractivity contribution in [3.8, 4) is 0 Å². The molecule has 11 heteroatoms. The lowest BCUT2D eigenvalue weighted by molar-refractivity contribution is -0.118. The van der Waals surface area contributed by atoms with E-state index in [9.17, 15) is 22.8 Å². The van der Waals surface area contributed by atoms with E-state index >= 15 is 0 Å². The monoisotopic (exact) mass is 498 g/mol. The average Bonchev–Trinajstić information content (AvgIpc) is 3.01. The van der Waals surface area contributed by atoms with Gasteiger partial charge < -0.3 is 20.9 Å². The number of pyridine rings is 2. The number of nitrogens with one attached hydrogen (secondary N) is 1. The van der Waals surface area contributed by atoms with Gasteiger partial charge in [-0.1, -0.05) is 0 Å². The Labute approximate surface area is 205 Å². The number of aromatic nitrogens is 2. The molecule has 8 nitrogen and oxygen atoms in total. The third kappa shape index (κ3) is 5.80. The van der Waals surface area contributed by atoms with Crippen LogP contribution in [0, 0.1) is 17.5 Å². The quantitative estimate of drug-likeness (QED) is 0.486. The maximum atomic E-state index is 14.0. The van der Waals surface area contributed by atoms with Gasteiger partial charge in [-0.2, -0.15) is 0 Å². The first kappa shape index (κ1) is 25.1. The molecule has 0 atom stereocenters. The van der Waals surface area contributed by atoms with Crippen molar-refractivity contribution in [2.75, 3.05) is 36.9 Å². The highest BCUT2D eigenvalue weighted by Crippen LogP contribution is 2.22. The number of nitrogens with zero attached hydrogens (tertiary/aromatic N) is 4. The number of likely N-dealkylation sites (N-methyl/N-ethyl adjacent to an activating group) is 1. The number of nitrogens with two attached hydrogens (primary N) is 1. The summed E-state index contributed by atoms with van der Waals surface area (Å²) in [5, 5.41) is 2.82. The van der Waals surface area contributed by atoms with Crippen LogP contribution in [0.4, 0.5) is 24.5 Å². The topological polar surface area (TPSA) is 104 Å². The fraction of sp³-hybridized carbons (Fsp3) is 0.280. The predicted molar refractivity (Wildman–Crippen MR) is 128 cm³/mol. The second-order valence-electron chi connectivity index (χ2n) is 8.58. The van der Waals surface area contributed by atoms with Crippen molar-refractivity contribution in [2.45, 2.75) is 19.4 Å². The molecule has 1 aromatic carbocycles. The highest BCUT2D eigenvalue weighted by atomic mass is 19.2. The fourth-order valence-corrected chi connectivity index (χ4v) is 3.93. The van der Waals surface area contributed by atoms with Crippen LogP contribution in [-0.4, -0.2) is 53.4 Å². The average molecular weight is 499 g/mol. The van der Waals surface area contributed by atoms with Gasteiger partial charge >= 0.3 is 0 Å². The Bertz CT molecular complexity index is 1290. The van der Waals surface area contributed by atoms with Crippen LogP contribution in [0.5, 0.6) is 0 Å². The van der Waals surface area contributed by atoms with Crippen LogP contribution in [0.15, 0.2) is 42.7 Å². The fourth-order valence-electron chi connectivity index (χ4n) is 3.93.